The van der Waals surface area contributed by atoms with E-state index in [9.17, 15) is 14.4 Å². The number of nitrogens with zero attached hydrogens (tertiary/aromatic N) is 2. The topological polar surface area (TPSA) is 79.0 Å². The van der Waals surface area contributed by atoms with Gasteiger partial charge in [0.1, 0.15) is 0 Å². The van der Waals surface area contributed by atoms with Crippen molar-refractivity contribution in [2.45, 2.75) is 38.3 Å². The standard InChI is InChI=1S/C19H23N3O4/c1-18(2,3)20-15(23)10-21-9-8-12-11-26-22-14-7-5-4-6-13(14)16(24)19(12,22)17(21)25/h4-7,12H,8-11H2,1-3H3,(H,20,23)/t12-,19-/m1/s1. The summed E-state index contributed by atoms with van der Waals surface area (Å²) in [6, 6.07) is 7.13. The molecule has 4 rings (SSSR count). The SMILES string of the molecule is CC(C)(C)NC(=O)CN1CC[C@@H]2CON3c4ccccc4C(=O)[C@@]23C1=O. The molecule has 3 aliphatic rings. The van der Waals surface area contributed by atoms with E-state index in [-0.39, 0.29) is 35.6 Å². The number of carbonyl (C=O) groups is 3. The lowest BCUT2D eigenvalue weighted by Gasteiger charge is -2.41. The molecular weight excluding hydrogens is 334 g/mol. The van der Waals surface area contributed by atoms with Crippen molar-refractivity contribution in [1.82, 2.24) is 10.2 Å². The van der Waals surface area contributed by atoms with Gasteiger partial charge in [0.2, 0.25) is 17.2 Å². The van der Waals surface area contributed by atoms with Crippen LogP contribution in [0.5, 0.6) is 0 Å². The minimum absolute atomic E-state index is 0.0535. The lowest BCUT2D eigenvalue weighted by molar-refractivity contribution is -0.143. The third kappa shape index (κ3) is 2.26. The van der Waals surface area contributed by atoms with Crippen LogP contribution in [0.2, 0.25) is 0 Å². The Hall–Kier alpha value is -2.41. The zero-order valence-corrected chi connectivity index (χ0v) is 15.2. The monoisotopic (exact) mass is 357 g/mol. The highest BCUT2D eigenvalue weighted by atomic mass is 16.7. The number of Topliss-reactive ketones (excluding diaryl/α,β-unsaturated/α-hetero) is 1. The molecule has 0 aliphatic carbocycles. The molecule has 7 heteroatoms. The maximum atomic E-state index is 13.4. The zero-order chi connectivity index (χ0) is 18.7. The molecule has 138 valence electrons. The Labute approximate surface area is 152 Å². The number of hydrogen-bond acceptors (Lipinski definition) is 5. The highest BCUT2D eigenvalue weighted by Crippen LogP contribution is 2.50. The van der Waals surface area contributed by atoms with Crippen molar-refractivity contribution in [3.8, 4) is 0 Å². The van der Waals surface area contributed by atoms with Gasteiger partial charge in [-0.2, -0.15) is 0 Å². The number of carbonyl (C=O) groups excluding carboxylic acids is 3. The molecule has 0 saturated carbocycles. The van der Waals surface area contributed by atoms with E-state index >= 15 is 0 Å². The second-order valence-electron chi connectivity index (χ2n) is 8.21. The Kier molecular flexibility index (Phi) is 3.63. The molecule has 0 unspecified atom stereocenters. The van der Waals surface area contributed by atoms with Gasteiger partial charge in [-0.05, 0) is 39.3 Å². The number of hydroxylamine groups is 1. The number of amides is 2. The Morgan fingerprint density at radius 2 is 2.04 bits per heavy atom. The van der Waals surface area contributed by atoms with E-state index in [1.54, 1.807) is 18.2 Å². The molecule has 26 heavy (non-hydrogen) atoms. The highest BCUT2D eigenvalue weighted by Gasteiger charge is 2.68. The minimum Gasteiger partial charge on any atom is -0.350 e. The molecule has 1 N–H and O–H groups in total. The first-order valence-corrected chi connectivity index (χ1v) is 8.92. The van der Waals surface area contributed by atoms with Crippen LogP contribution >= 0.6 is 0 Å². The number of fused-ring (bicyclic) bond motifs is 2. The van der Waals surface area contributed by atoms with E-state index in [4.69, 9.17) is 4.84 Å². The summed E-state index contributed by atoms with van der Waals surface area (Å²) in [6.45, 7) is 6.41. The van der Waals surface area contributed by atoms with Gasteiger partial charge in [-0.3, -0.25) is 19.2 Å². The Morgan fingerprint density at radius 1 is 1.31 bits per heavy atom. The first-order valence-electron chi connectivity index (χ1n) is 8.92. The van der Waals surface area contributed by atoms with Gasteiger partial charge in [-0.1, -0.05) is 12.1 Å². The van der Waals surface area contributed by atoms with E-state index in [2.05, 4.69) is 5.32 Å². The molecule has 1 spiro atoms. The molecule has 2 atom stereocenters. The van der Waals surface area contributed by atoms with Crippen LogP contribution in [0, 0.1) is 5.92 Å². The van der Waals surface area contributed by atoms with Gasteiger partial charge in [0.05, 0.1) is 18.8 Å². The van der Waals surface area contributed by atoms with E-state index < -0.39 is 5.54 Å². The van der Waals surface area contributed by atoms with E-state index in [1.807, 2.05) is 26.8 Å². The minimum atomic E-state index is -1.36. The van der Waals surface area contributed by atoms with E-state index in [0.717, 1.165) is 0 Å². The number of benzene rings is 1. The molecule has 3 aliphatic heterocycles. The van der Waals surface area contributed by atoms with Crippen molar-refractivity contribution in [3.05, 3.63) is 29.8 Å². The largest absolute Gasteiger partial charge is 0.350 e. The number of piperidine rings is 1. The van der Waals surface area contributed by atoms with Gasteiger partial charge >= 0.3 is 0 Å². The summed E-state index contributed by atoms with van der Waals surface area (Å²) in [5, 5.41) is 4.36. The van der Waals surface area contributed by atoms with Gasteiger partial charge in [0.15, 0.2) is 0 Å². The second kappa shape index (κ2) is 5.54. The van der Waals surface area contributed by atoms with E-state index in [0.29, 0.717) is 30.8 Å². The highest BCUT2D eigenvalue weighted by molar-refractivity contribution is 6.26. The number of ketones is 1. The zero-order valence-electron chi connectivity index (χ0n) is 15.2. The predicted molar refractivity (Wildman–Crippen MR) is 94.5 cm³/mol. The fourth-order valence-corrected chi connectivity index (χ4v) is 4.23. The molecule has 0 bridgehead atoms. The number of para-hydroxylation sites is 1. The van der Waals surface area contributed by atoms with Gasteiger partial charge in [-0.15, -0.1) is 0 Å². The number of likely N-dealkylation sites (tertiary alicyclic amines) is 1. The van der Waals surface area contributed by atoms with Crippen LogP contribution in [-0.4, -0.2) is 53.3 Å². The van der Waals surface area contributed by atoms with Crippen LogP contribution in [0.25, 0.3) is 0 Å². The average Bonchev–Trinajstić information content (AvgIpc) is 3.06. The smallest absolute Gasteiger partial charge is 0.259 e. The van der Waals surface area contributed by atoms with Gasteiger partial charge in [0.25, 0.3) is 5.91 Å². The Balaban J connectivity index is 1.65. The van der Waals surface area contributed by atoms with Crippen LogP contribution in [0.15, 0.2) is 24.3 Å². The number of anilines is 1. The maximum Gasteiger partial charge on any atom is 0.259 e. The number of hydrogen-bond donors (Lipinski definition) is 1. The fraction of sp³-hybridized carbons (Fsp3) is 0.526. The van der Waals surface area contributed by atoms with Crippen LogP contribution in [0.1, 0.15) is 37.6 Å². The predicted octanol–water partition coefficient (Wildman–Crippen LogP) is 1.14. The van der Waals surface area contributed by atoms with Gasteiger partial charge < -0.3 is 10.2 Å². The summed E-state index contributed by atoms with van der Waals surface area (Å²) in [5.74, 6) is -0.982. The summed E-state index contributed by atoms with van der Waals surface area (Å²) in [4.78, 5) is 46.2. The Morgan fingerprint density at radius 3 is 2.77 bits per heavy atom. The first kappa shape index (κ1) is 17.0. The third-order valence-electron chi connectivity index (χ3n) is 5.24. The van der Waals surface area contributed by atoms with Crippen molar-refractivity contribution < 1.29 is 19.2 Å². The molecule has 0 radical (unpaired) electrons. The second-order valence-corrected chi connectivity index (χ2v) is 8.21. The Bertz CT molecular complexity index is 800. The summed E-state index contributed by atoms with van der Waals surface area (Å²) >= 11 is 0. The molecule has 2 saturated heterocycles. The van der Waals surface area contributed by atoms with Crippen LogP contribution < -0.4 is 10.4 Å². The summed E-state index contributed by atoms with van der Waals surface area (Å²) in [5.41, 5.74) is -0.594. The number of nitrogens with one attached hydrogen (secondary N) is 1. The van der Waals surface area contributed by atoms with E-state index in [1.165, 1.54) is 9.96 Å². The molecule has 7 nitrogen and oxygen atoms in total. The van der Waals surface area contributed by atoms with Crippen molar-refractivity contribution in [1.29, 1.82) is 0 Å². The number of rotatable bonds is 2. The molecule has 1 aromatic carbocycles. The summed E-state index contributed by atoms with van der Waals surface area (Å²) in [7, 11) is 0. The molecule has 3 heterocycles. The van der Waals surface area contributed by atoms with Crippen molar-refractivity contribution in [3.63, 3.8) is 0 Å². The van der Waals surface area contributed by atoms with Crippen molar-refractivity contribution >= 4 is 23.3 Å². The van der Waals surface area contributed by atoms with Crippen LogP contribution in [0.4, 0.5) is 5.69 Å². The molecule has 0 aromatic heterocycles. The van der Waals surface area contributed by atoms with Crippen LogP contribution in [0.3, 0.4) is 0 Å². The molecular formula is C19H23N3O4. The summed E-state index contributed by atoms with van der Waals surface area (Å²) in [6.07, 6.45) is 0.630. The average molecular weight is 357 g/mol. The van der Waals surface area contributed by atoms with Crippen molar-refractivity contribution in [2.24, 2.45) is 5.92 Å². The van der Waals surface area contributed by atoms with Gasteiger partial charge in [-0.25, -0.2) is 5.06 Å². The lowest BCUT2D eigenvalue weighted by Crippen LogP contribution is -2.66. The molecule has 2 fully saturated rings. The quantitative estimate of drug-likeness (QED) is 0.803. The first-order chi connectivity index (χ1) is 12.2. The maximum absolute atomic E-state index is 13.4. The lowest BCUT2D eigenvalue weighted by atomic mass is 9.75. The molecule has 2 amide bonds. The van der Waals surface area contributed by atoms with Crippen molar-refractivity contribution in [2.75, 3.05) is 24.8 Å². The van der Waals surface area contributed by atoms with Crippen LogP contribution in [-0.2, 0) is 14.4 Å². The third-order valence-corrected chi connectivity index (χ3v) is 5.24. The fourth-order valence-electron chi connectivity index (χ4n) is 4.23. The summed E-state index contributed by atoms with van der Waals surface area (Å²) < 4.78 is 0. The normalized spacial score (nSPS) is 27.3. The van der Waals surface area contributed by atoms with Gasteiger partial charge in [0, 0.05) is 23.6 Å². The molecule has 1 aromatic rings.